The van der Waals surface area contributed by atoms with Crippen LogP contribution in [0, 0.1) is 0 Å². The molecule has 2 aromatic carbocycles. The van der Waals surface area contributed by atoms with Gasteiger partial charge in [0.25, 0.3) is 0 Å². The first-order chi connectivity index (χ1) is 10.5. The molecule has 3 heteroatoms. The Balaban J connectivity index is 2.22. The fourth-order valence-electron chi connectivity index (χ4n) is 2.75. The molecule has 0 saturated carbocycles. The highest BCUT2D eigenvalue weighted by molar-refractivity contribution is 7.64. The minimum Gasteiger partial charge on any atom is -0.387 e. The van der Waals surface area contributed by atoms with Crippen molar-refractivity contribution < 1.29 is 5.11 Å². The van der Waals surface area contributed by atoms with Crippen molar-refractivity contribution in [2.45, 2.75) is 38.6 Å². The summed E-state index contributed by atoms with van der Waals surface area (Å²) in [6.07, 6.45) is -0.473. The lowest BCUT2D eigenvalue weighted by Gasteiger charge is -2.38. The van der Waals surface area contributed by atoms with E-state index in [1.54, 1.807) is 0 Å². The highest BCUT2D eigenvalue weighted by Crippen LogP contribution is 2.45. The number of benzene rings is 2. The smallest absolute Gasteiger partial charge is 0.0945 e. The van der Waals surface area contributed by atoms with Crippen molar-refractivity contribution in [2.24, 2.45) is 0 Å². The first-order valence-corrected chi connectivity index (χ1v) is 9.18. The molecule has 3 atom stereocenters. The summed E-state index contributed by atoms with van der Waals surface area (Å²) in [5.41, 5.74) is 1.52. The maximum Gasteiger partial charge on any atom is 0.0945 e. The third-order valence-electron chi connectivity index (χ3n) is 4.04. The number of nitrogens with zero attached hydrogens (tertiary/aromatic N) is 1. The molecule has 0 aliphatic heterocycles. The van der Waals surface area contributed by atoms with E-state index in [9.17, 15) is 5.11 Å². The Kier molecular flexibility index (Phi) is 6.14. The van der Waals surface area contributed by atoms with E-state index >= 15 is 0 Å². The van der Waals surface area contributed by atoms with Crippen LogP contribution in [-0.4, -0.2) is 28.5 Å². The van der Waals surface area contributed by atoms with Gasteiger partial charge in [-0.15, -0.1) is 0 Å². The molecule has 0 bridgehead atoms. The van der Waals surface area contributed by atoms with Gasteiger partial charge in [-0.1, -0.05) is 74.5 Å². The van der Waals surface area contributed by atoms with Crippen molar-refractivity contribution in [1.82, 2.24) is 4.67 Å². The van der Waals surface area contributed by atoms with E-state index in [0.29, 0.717) is 5.66 Å². The summed E-state index contributed by atoms with van der Waals surface area (Å²) < 4.78 is 2.35. The maximum atomic E-state index is 10.7. The number of aliphatic hydroxyl groups is 1. The van der Waals surface area contributed by atoms with Crippen molar-refractivity contribution >= 4 is 13.4 Å². The molecular formula is C19H26NOP. The Morgan fingerprint density at radius 3 is 1.86 bits per heavy atom. The van der Waals surface area contributed by atoms with Gasteiger partial charge in [-0.25, -0.2) is 0 Å². The first-order valence-electron chi connectivity index (χ1n) is 7.82. The monoisotopic (exact) mass is 315 g/mol. The van der Waals surface area contributed by atoms with Crippen molar-refractivity contribution in [2.75, 3.05) is 7.05 Å². The molecule has 0 amide bonds. The van der Waals surface area contributed by atoms with Gasteiger partial charge in [-0.3, -0.25) is 4.67 Å². The molecule has 0 saturated heterocycles. The lowest BCUT2D eigenvalue weighted by molar-refractivity contribution is 0.110. The molecule has 0 fully saturated rings. The molecule has 2 rings (SSSR count). The quantitative estimate of drug-likeness (QED) is 0.809. The lowest BCUT2D eigenvalue weighted by Crippen LogP contribution is -2.35. The number of aliphatic hydroxyl groups excluding tert-OH is 1. The maximum absolute atomic E-state index is 10.7. The topological polar surface area (TPSA) is 23.5 Å². The van der Waals surface area contributed by atoms with Crippen molar-refractivity contribution in [3.63, 3.8) is 0 Å². The van der Waals surface area contributed by atoms with Crippen LogP contribution in [0.15, 0.2) is 60.7 Å². The summed E-state index contributed by atoms with van der Waals surface area (Å²) in [4.78, 5) is 0. The molecule has 1 N–H and O–H groups in total. The first kappa shape index (κ1) is 17.1. The summed E-state index contributed by atoms with van der Waals surface area (Å²) in [5.74, 6) is 0. The summed E-state index contributed by atoms with van der Waals surface area (Å²) >= 11 is 0. The van der Waals surface area contributed by atoms with Crippen LogP contribution in [0.3, 0.4) is 0 Å². The zero-order valence-corrected chi connectivity index (χ0v) is 14.7. The molecule has 0 aliphatic carbocycles. The largest absolute Gasteiger partial charge is 0.387 e. The van der Waals surface area contributed by atoms with Gasteiger partial charge in [0.2, 0.25) is 0 Å². The SMILES string of the molecule is CC(C)[P@@](c1ccccc1)N(C)[C@H](C)[C@@H](O)c1ccccc1. The van der Waals surface area contributed by atoms with Gasteiger partial charge in [-0.05, 0) is 38.6 Å². The Bertz CT molecular complexity index is 558. The van der Waals surface area contributed by atoms with Crippen LogP contribution in [0.25, 0.3) is 0 Å². The van der Waals surface area contributed by atoms with Crippen LogP contribution in [0.5, 0.6) is 0 Å². The number of rotatable bonds is 6. The number of likely N-dealkylation sites (N-methyl/N-ethyl adjacent to an activating group) is 1. The van der Waals surface area contributed by atoms with Gasteiger partial charge in [0.05, 0.1) is 6.10 Å². The summed E-state index contributed by atoms with van der Waals surface area (Å²) in [6, 6.07) is 20.6. The van der Waals surface area contributed by atoms with Crippen LogP contribution in [-0.2, 0) is 0 Å². The van der Waals surface area contributed by atoms with Gasteiger partial charge < -0.3 is 5.11 Å². The van der Waals surface area contributed by atoms with Crippen LogP contribution in [0.2, 0.25) is 0 Å². The molecular weight excluding hydrogens is 289 g/mol. The van der Waals surface area contributed by atoms with Crippen LogP contribution < -0.4 is 5.30 Å². The van der Waals surface area contributed by atoms with Crippen LogP contribution in [0.4, 0.5) is 0 Å². The van der Waals surface area contributed by atoms with E-state index in [1.165, 1.54) is 5.30 Å². The van der Waals surface area contributed by atoms with Gasteiger partial charge in [-0.2, -0.15) is 0 Å². The van der Waals surface area contributed by atoms with E-state index in [0.717, 1.165) is 5.56 Å². The van der Waals surface area contributed by atoms with E-state index in [1.807, 2.05) is 30.3 Å². The highest BCUT2D eigenvalue weighted by Gasteiger charge is 2.28. The van der Waals surface area contributed by atoms with Crippen molar-refractivity contribution in [1.29, 1.82) is 0 Å². The van der Waals surface area contributed by atoms with E-state index in [4.69, 9.17) is 0 Å². The molecule has 118 valence electrons. The molecule has 0 aliphatic rings. The van der Waals surface area contributed by atoms with Crippen molar-refractivity contribution in [3.8, 4) is 0 Å². The van der Waals surface area contributed by atoms with Gasteiger partial charge in [0.1, 0.15) is 0 Å². The normalized spacial score (nSPS) is 15.8. The standard InChI is InChI=1S/C19H26NOP/c1-15(2)22(18-13-9-6-10-14-18)20(4)16(3)19(21)17-11-7-5-8-12-17/h5-16,19,21H,1-4H3/t16-,19-,22+/m1/s1. The fourth-order valence-corrected chi connectivity index (χ4v) is 5.44. The predicted molar refractivity (Wildman–Crippen MR) is 96.8 cm³/mol. The highest BCUT2D eigenvalue weighted by atomic mass is 31.1. The third kappa shape index (κ3) is 3.95. The molecule has 0 heterocycles. The number of hydrogen-bond acceptors (Lipinski definition) is 2. The molecule has 0 spiro atoms. The van der Waals surface area contributed by atoms with E-state index in [2.05, 4.69) is 62.8 Å². The average Bonchev–Trinajstić information content (AvgIpc) is 2.55. The Morgan fingerprint density at radius 1 is 0.864 bits per heavy atom. The molecule has 2 nitrogen and oxygen atoms in total. The lowest BCUT2D eigenvalue weighted by atomic mass is 10.0. The van der Waals surface area contributed by atoms with Gasteiger partial charge >= 0.3 is 0 Å². The number of hydrogen-bond donors (Lipinski definition) is 1. The Morgan fingerprint density at radius 2 is 1.36 bits per heavy atom. The summed E-state index contributed by atoms with van der Waals surface area (Å²) in [5, 5.41) is 12.1. The summed E-state index contributed by atoms with van der Waals surface area (Å²) in [6.45, 7) is 6.63. The third-order valence-corrected chi connectivity index (χ3v) is 6.89. The molecule has 0 radical (unpaired) electrons. The predicted octanol–water partition coefficient (Wildman–Crippen LogP) is 4.17. The molecule has 2 aromatic rings. The average molecular weight is 315 g/mol. The molecule has 22 heavy (non-hydrogen) atoms. The van der Waals surface area contributed by atoms with Crippen LogP contribution in [0.1, 0.15) is 32.4 Å². The second-order valence-electron chi connectivity index (χ2n) is 5.94. The van der Waals surface area contributed by atoms with E-state index in [-0.39, 0.29) is 6.04 Å². The summed E-state index contributed by atoms with van der Waals surface area (Å²) in [7, 11) is 1.67. The minimum absolute atomic E-state index is 0.0658. The zero-order chi connectivity index (χ0) is 16.1. The van der Waals surface area contributed by atoms with Gasteiger partial charge in [0.15, 0.2) is 0 Å². The van der Waals surface area contributed by atoms with Crippen LogP contribution >= 0.6 is 8.07 Å². The fraction of sp³-hybridized carbons (Fsp3) is 0.368. The van der Waals surface area contributed by atoms with E-state index < -0.39 is 14.2 Å². The Hall–Kier alpha value is -1.21. The molecule has 0 aromatic heterocycles. The minimum atomic E-state index is -0.473. The van der Waals surface area contributed by atoms with Crippen molar-refractivity contribution in [3.05, 3.63) is 66.2 Å². The second-order valence-corrected chi connectivity index (χ2v) is 8.81. The van der Waals surface area contributed by atoms with Gasteiger partial charge in [0, 0.05) is 6.04 Å². The second kappa shape index (κ2) is 7.87. The Labute approximate surface area is 135 Å². The zero-order valence-electron chi connectivity index (χ0n) is 13.8. The molecule has 0 unspecified atom stereocenters.